The van der Waals surface area contributed by atoms with Gasteiger partial charge in [0, 0.05) is 43.8 Å². The first-order valence-corrected chi connectivity index (χ1v) is 11.8. The van der Waals surface area contributed by atoms with Gasteiger partial charge in [0.15, 0.2) is 0 Å². The summed E-state index contributed by atoms with van der Waals surface area (Å²) >= 11 is 6.10. The minimum Gasteiger partial charge on any atom is -0.477 e. The number of hydrogen-bond donors (Lipinski definition) is 2. The molecule has 182 valence electrons. The SMILES string of the molecule is O=C(CN1CCN(c2cc3c(cc2F)c(=O)c(C(=O)O)cn3C2CC2)CC1)Nc1ccccc1Cl. The second kappa shape index (κ2) is 9.31. The van der Waals surface area contributed by atoms with E-state index in [0.29, 0.717) is 48.1 Å². The molecule has 1 aliphatic carbocycles. The molecule has 1 aliphatic heterocycles. The number of anilines is 2. The highest BCUT2D eigenvalue weighted by Gasteiger charge is 2.28. The highest BCUT2D eigenvalue weighted by molar-refractivity contribution is 6.33. The molecule has 5 rings (SSSR count). The zero-order valence-electron chi connectivity index (χ0n) is 18.8. The molecule has 0 bridgehead atoms. The number of piperazine rings is 1. The fraction of sp³-hybridized carbons (Fsp3) is 0.320. The van der Waals surface area contributed by atoms with E-state index in [1.54, 1.807) is 34.9 Å². The number of aromatic carboxylic acids is 1. The predicted octanol–water partition coefficient (Wildman–Crippen LogP) is 3.59. The number of halogens is 2. The summed E-state index contributed by atoms with van der Waals surface area (Å²) in [7, 11) is 0. The van der Waals surface area contributed by atoms with Gasteiger partial charge in [0.1, 0.15) is 11.4 Å². The second-order valence-electron chi connectivity index (χ2n) is 8.93. The van der Waals surface area contributed by atoms with Crippen molar-refractivity contribution < 1.29 is 19.1 Å². The number of carbonyl (C=O) groups excluding carboxylic acids is 1. The summed E-state index contributed by atoms with van der Waals surface area (Å²) in [6.07, 6.45) is 3.15. The summed E-state index contributed by atoms with van der Waals surface area (Å²) in [6.45, 7) is 2.31. The molecule has 0 spiro atoms. The Kier molecular flexibility index (Phi) is 6.21. The van der Waals surface area contributed by atoms with Crippen LogP contribution in [0.3, 0.4) is 0 Å². The van der Waals surface area contributed by atoms with Gasteiger partial charge in [-0.2, -0.15) is 0 Å². The summed E-state index contributed by atoms with van der Waals surface area (Å²) < 4.78 is 16.9. The molecule has 2 aromatic carbocycles. The van der Waals surface area contributed by atoms with Crippen molar-refractivity contribution in [2.24, 2.45) is 0 Å². The number of aromatic nitrogens is 1. The molecule has 0 atom stereocenters. The van der Waals surface area contributed by atoms with Gasteiger partial charge in [-0.1, -0.05) is 23.7 Å². The van der Waals surface area contributed by atoms with Gasteiger partial charge in [0.25, 0.3) is 0 Å². The van der Waals surface area contributed by atoms with E-state index in [4.69, 9.17) is 11.6 Å². The minimum absolute atomic E-state index is 0.0768. The molecule has 2 heterocycles. The van der Waals surface area contributed by atoms with E-state index < -0.39 is 17.2 Å². The van der Waals surface area contributed by atoms with Crippen molar-refractivity contribution in [3.05, 3.63) is 69.2 Å². The van der Waals surface area contributed by atoms with Crippen LogP contribution >= 0.6 is 11.6 Å². The van der Waals surface area contributed by atoms with Crippen molar-refractivity contribution in [3.63, 3.8) is 0 Å². The fourth-order valence-corrected chi connectivity index (χ4v) is 4.69. The van der Waals surface area contributed by atoms with Gasteiger partial charge in [0.05, 0.1) is 28.5 Å². The number of hydrogen-bond acceptors (Lipinski definition) is 5. The zero-order chi connectivity index (χ0) is 24.7. The van der Waals surface area contributed by atoms with Crippen LogP contribution in [0.25, 0.3) is 10.9 Å². The van der Waals surface area contributed by atoms with Crippen LogP contribution in [0, 0.1) is 5.82 Å². The number of rotatable bonds is 6. The third-order valence-corrected chi connectivity index (χ3v) is 6.83. The number of pyridine rings is 1. The minimum atomic E-state index is -1.31. The van der Waals surface area contributed by atoms with Gasteiger partial charge in [-0.05, 0) is 37.1 Å². The first-order chi connectivity index (χ1) is 16.8. The Morgan fingerprint density at radius 3 is 2.49 bits per heavy atom. The van der Waals surface area contributed by atoms with Crippen LogP contribution in [0.2, 0.25) is 5.02 Å². The van der Waals surface area contributed by atoms with Gasteiger partial charge >= 0.3 is 5.97 Å². The Bertz CT molecular complexity index is 1380. The second-order valence-corrected chi connectivity index (χ2v) is 9.33. The summed E-state index contributed by atoms with van der Waals surface area (Å²) in [5.74, 6) is -2.05. The van der Waals surface area contributed by atoms with E-state index in [1.807, 2.05) is 9.80 Å². The number of nitrogens with zero attached hydrogens (tertiary/aromatic N) is 3. The number of carboxylic acid groups (broad SMARTS) is 1. The highest BCUT2D eigenvalue weighted by Crippen LogP contribution is 2.38. The number of nitrogens with one attached hydrogen (secondary N) is 1. The molecule has 0 unspecified atom stereocenters. The molecule has 8 nitrogen and oxygen atoms in total. The molecule has 1 aromatic heterocycles. The van der Waals surface area contributed by atoms with Crippen molar-refractivity contribution in [2.45, 2.75) is 18.9 Å². The Morgan fingerprint density at radius 1 is 1.11 bits per heavy atom. The first-order valence-electron chi connectivity index (χ1n) is 11.4. The Balaban J connectivity index is 1.32. The van der Waals surface area contributed by atoms with Crippen molar-refractivity contribution in [2.75, 3.05) is 42.9 Å². The van der Waals surface area contributed by atoms with E-state index in [1.165, 1.54) is 6.20 Å². The maximum absolute atomic E-state index is 15.1. The van der Waals surface area contributed by atoms with Crippen LogP contribution in [0.15, 0.2) is 47.4 Å². The monoisotopic (exact) mass is 498 g/mol. The average molecular weight is 499 g/mol. The number of fused-ring (bicyclic) bond motifs is 1. The van der Waals surface area contributed by atoms with Gasteiger partial charge in [0.2, 0.25) is 11.3 Å². The largest absolute Gasteiger partial charge is 0.477 e. The highest BCUT2D eigenvalue weighted by atomic mass is 35.5. The first kappa shape index (κ1) is 23.3. The summed E-state index contributed by atoms with van der Waals surface area (Å²) in [5, 5.41) is 12.8. The number of amides is 1. The molecule has 1 saturated heterocycles. The molecule has 3 aromatic rings. The maximum Gasteiger partial charge on any atom is 0.341 e. The summed E-state index contributed by atoms with van der Waals surface area (Å²) in [4.78, 5) is 40.5. The average Bonchev–Trinajstić information content (AvgIpc) is 3.67. The van der Waals surface area contributed by atoms with Gasteiger partial charge in [-0.15, -0.1) is 0 Å². The molecule has 35 heavy (non-hydrogen) atoms. The van der Waals surface area contributed by atoms with E-state index in [2.05, 4.69) is 5.32 Å². The quantitative estimate of drug-likeness (QED) is 0.539. The molecule has 10 heteroatoms. The topological polar surface area (TPSA) is 94.9 Å². The number of benzene rings is 2. The lowest BCUT2D eigenvalue weighted by Gasteiger charge is -2.36. The van der Waals surface area contributed by atoms with Gasteiger partial charge < -0.3 is 19.9 Å². The van der Waals surface area contributed by atoms with Crippen LogP contribution in [0.4, 0.5) is 15.8 Å². The van der Waals surface area contributed by atoms with Crippen molar-refractivity contribution in [1.82, 2.24) is 9.47 Å². The Labute approximate surface area is 205 Å². The van der Waals surface area contributed by atoms with Crippen LogP contribution in [0.1, 0.15) is 29.2 Å². The molecule has 2 aliphatic rings. The molecule has 0 radical (unpaired) electrons. The summed E-state index contributed by atoms with van der Waals surface area (Å²) in [6, 6.07) is 9.95. The van der Waals surface area contributed by atoms with E-state index >= 15 is 4.39 Å². The fourth-order valence-electron chi connectivity index (χ4n) is 4.51. The van der Waals surface area contributed by atoms with E-state index in [9.17, 15) is 19.5 Å². The lowest BCUT2D eigenvalue weighted by atomic mass is 10.1. The number of carbonyl (C=O) groups is 2. The number of carboxylic acids is 1. The zero-order valence-corrected chi connectivity index (χ0v) is 19.6. The normalized spacial score (nSPS) is 16.5. The Morgan fingerprint density at radius 2 is 1.83 bits per heavy atom. The molecule has 2 N–H and O–H groups in total. The maximum atomic E-state index is 15.1. The van der Waals surface area contributed by atoms with E-state index in [-0.39, 0.29) is 29.4 Å². The molecule has 1 amide bonds. The lowest BCUT2D eigenvalue weighted by molar-refractivity contribution is -0.117. The van der Waals surface area contributed by atoms with Crippen molar-refractivity contribution >= 4 is 45.8 Å². The standard InChI is InChI=1S/C25H24ClFN4O4/c26-18-3-1-2-4-20(18)28-23(32)14-29-7-9-30(10-8-29)22-12-21-16(11-19(22)27)24(33)17(25(34)35)13-31(21)15-5-6-15/h1-4,11-13,15H,5-10,14H2,(H,28,32)(H,34,35). The van der Waals surface area contributed by atoms with E-state index in [0.717, 1.165) is 18.9 Å². The van der Waals surface area contributed by atoms with Crippen molar-refractivity contribution in [3.8, 4) is 0 Å². The molecular formula is C25H24ClFN4O4. The third kappa shape index (κ3) is 4.74. The molecule has 2 fully saturated rings. The van der Waals surface area contributed by atoms with Crippen molar-refractivity contribution in [1.29, 1.82) is 0 Å². The van der Waals surface area contributed by atoms with Gasteiger partial charge in [-0.3, -0.25) is 14.5 Å². The van der Waals surface area contributed by atoms with Crippen LogP contribution in [-0.4, -0.2) is 59.2 Å². The third-order valence-electron chi connectivity index (χ3n) is 6.50. The Hall–Kier alpha value is -3.43. The van der Waals surface area contributed by atoms with Crippen LogP contribution in [0.5, 0.6) is 0 Å². The summed E-state index contributed by atoms with van der Waals surface area (Å²) in [5.41, 5.74) is 0.447. The molecule has 1 saturated carbocycles. The smallest absolute Gasteiger partial charge is 0.341 e. The van der Waals surface area contributed by atoms with Crippen LogP contribution < -0.4 is 15.6 Å². The molecular weight excluding hydrogens is 475 g/mol. The van der Waals surface area contributed by atoms with Gasteiger partial charge in [-0.25, -0.2) is 9.18 Å². The predicted molar refractivity (Wildman–Crippen MR) is 132 cm³/mol. The lowest BCUT2D eigenvalue weighted by Crippen LogP contribution is -2.49. The number of para-hydroxylation sites is 1. The van der Waals surface area contributed by atoms with Crippen LogP contribution in [-0.2, 0) is 4.79 Å².